The van der Waals surface area contributed by atoms with E-state index in [-0.39, 0.29) is 18.1 Å². The smallest absolute Gasteiger partial charge is 0.352 e. The summed E-state index contributed by atoms with van der Waals surface area (Å²) in [6.45, 7) is -0.661. The number of rotatable bonds is 12. The SMILES string of the molecule is O=C(CCC1COC(CCCCC2(C(=O)NCC(F)(F)F)c3ccccc3-c3ccccc32)OC1)c1ccccc1-c1ccc(C(F)(F)F)cc1. The topological polar surface area (TPSA) is 64.6 Å². The minimum Gasteiger partial charge on any atom is -0.352 e. The number of ether oxygens (including phenoxy) is 2. The zero-order valence-corrected chi connectivity index (χ0v) is 27.7. The first-order valence-corrected chi connectivity index (χ1v) is 16.9. The van der Waals surface area contributed by atoms with Crippen LogP contribution in [0.15, 0.2) is 97.1 Å². The molecule has 6 rings (SSSR count). The molecule has 0 radical (unpaired) electrons. The van der Waals surface area contributed by atoms with Crippen LogP contribution in [0.2, 0.25) is 0 Å². The largest absolute Gasteiger partial charge is 0.416 e. The Morgan fingerprint density at radius 1 is 0.706 bits per heavy atom. The molecule has 268 valence electrons. The fraction of sp³-hybridized carbons (Fsp3) is 0.350. The van der Waals surface area contributed by atoms with Gasteiger partial charge in [-0.3, -0.25) is 9.59 Å². The van der Waals surface area contributed by atoms with Gasteiger partial charge in [0, 0.05) is 17.9 Å². The Morgan fingerprint density at radius 2 is 1.27 bits per heavy atom. The highest BCUT2D eigenvalue weighted by molar-refractivity contribution is 6.02. The number of benzene rings is 4. The van der Waals surface area contributed by atoms with Crippen LogP contribution in [0.25, 0.3) is 22.3 Å². The van der Waals surface area contributed by atoms with E-state index in [2.05, 4.69) is 5.32 Å². The molecule has 0 spiro atoms. The second-order valence-electron chi connectivity index (χ2n) is 13.1. The normalized spacial score (nSPS) is 18.2. The Balaban J connectivity index is 1.02. The van der Waals surface area contributed by atoms with E-state index in [1.807, 2.05) is 36.4 Å². The third-order valence-corrected chi connectivity index (χ3v) is 9.71. The summed E-state index contributed by atoms with van der Waals surface area (Å²) in [5, 5.41) is 2.16. The van der Waals surface area contributed by atoms with Gasteiger partial charge < -0.3 is 14.8 Å². The molecule has 1 aliphatic heterocycles. The molecular weight excluding hydrogens is 672 g/mol. The number of ketones is 1. The first kappa shape index (κ1) is 36.3. The Morgan fingerprint density at radius 3 is 1.86 bits per heavy atom. The molecular formula is C40H37F6NO4. The zero-order valence-electron chi connectivity index (χ0n) is 27.7. The van der Waals surface area contributed by atoms with E-state index in [9.17, 15) is 35.9 Å². The van der Waals surface area contributed by atoms with Gasteiger partial charge in [0.1, 0.15) is 12.0 Å². The fourth-order valence-corrected chi connectivity index (χ4v) is 7.19. The van der Waals surface area contributed by atoms with E-state index in [1.165, 1.54) is 12.1 Å². The van der Waals surface area contributed by atoms with Crippen molar-refractivity contribution in [1.29, 1.82) is 0 Å². The van der Waals surface area contributed by atoms with Crippen molar-refractivity contribution in [1.82, 2.24) is 5.32 Å². The monoisotopic (exact) mass is 709 g/mol. The molecule has 1 aliphatic carbocycles. The van der Waals surface area contributed by atoms with E-state index >= 15 is 0 Å². The first-order valence-electron chi connectivity index (χ1n) is 16.9. The van der Waals surface area contributed by atoms with E-state index in [0.717, 1.165) is 23.3 Å². The van der Waals surface area contributed by atoms with Crippen LogP contribution < -0.4 is 5.32 Å². The number of carbonyl (C=O) groups is 2. The molecule has 1 N–H and O–H groups in total. The molecule has 51 heavy (non-hydrogen) atoms. The Bertz CT molecular complexity index is 1800. The highest BCUT2D eigenvalue weighted by Crippen LogP contribution is 2.51. The number of halogens is 6. The fourth-order valence-electron chi connectivity index (χ4n) is 7.19. The summed E-state index contributed by atoms with van der Waals surface area (Å²) in [6, 6.07) is 26.3. The van der Waals surface area contributed by atoms with Gasteiger partial charge in [-0.2, -0.15) is 26.3 Å². The van der Waals surface area contributed by atoms with Crippen molar-refractivity contribution in [3.05, 3.63) is 119 Å². The van der Waals surface area contributed by atoms with Crippen molar-refractivity contribution in [3.8, 4) is 22.3 Å². The molecule has 0 atom stereocenters. The number of hydrogen-bond acceptors (Lipinski definition) is 4. The standard InChI is InChI=1S/C40H37F6NO4/c41-39(42,43)25-47-37(49)38(33-13-5-3-10-30(33)31-11-4-6-14-34(31)38)22-8-7-15-36-50-23-26(24-51-36)16-21-35(48)32-12-2-1-9-29(32)27-17-19-28(20-18-27)40(44,45)46/h1-6,9-14,17-20,26,36H,7-8,15-16,21-25H2,(H,47,49). The lowest BCUT2D eigenvalue weighted by atomic mass is 9.73. The van der Waals surface area contributed by atoms with Crippen molar-refractivity contribution in [2.24, 2.45) is 5.92 Å². The van der Waals surface area contributed by atoms with Crippen LogP contribution in [0.1, 0.15) is 65.6 Å². The second kappa shape index (κ2) is 15.0. The Kier molecular flexibility index (Phi) is 10.7. The summed E-state index contributed by atoms with van der Waals surface area (Å²) in [5.74, 6) is -0.840. The molecule has 2 aliphatic rings. The summed E-state index contributed by atoms with van der Waals surface area (Å²) in [5.41, 5.74) is 2.55. The molecule has 0 aromatic heterocycles. The van der Waals surface area contributed by atoms with Gasteiger partial charge in [0.15, 0.2) is 12.1 Å². The van der Waals surface area contributed by atoms with Crippen molar-refractivity contribution >= 4 is 11.7 Å². The molecule has 0 unspecified atom stereocenters. The third kappa shape index (κ3) is 8.05. The van der Waals surface area contributed by atoms with Gasteiger partial charge in [-0.15, -0.1) is 0 Å². The van der Waals surface area contributed by atoms with Crippen LogP contribution in [0, 0.1) is 5.92 Å². The minimum atomic E-state index is -4.55. The first-order chi connectivity index (χ1) is 24.4. The number of fused-ring (bicyclic) bond motifs is 3. The van der Waals surface area contributed by atoms with Gasteiger partial charge in [-0.25, -0.2) is 0 Å². The summed E-state index contributed by atoms with van der Waals surface area (Å²) >= 11 is 0. The van der Waals surface area contributed by atoms with Crippen LogP contribution >= 0.6 is 0 Å². The maximum Gasteiger partial charge on any atom is 0.416 e. The number of unbranched alkanes of at least 4 members (excludes halogenated alkanes) is 1. The van der Waals surface area contributed by atoms with Gasteiger partial charge in [0.25, 0.3) is 0 Å². The maximum absolute atomic E-state index is 13.7. The molecule has 1 amide bonds. The third-order valence-electron chi connectivity index (χ3n) is 9.71. The number of hydrogen-bond donors (Lipinski definition) is 1. The van der Waals surface area contributed by atoms with Gasteiger partial charge in [-0.05, 0) is 71.2 Å². The lowest BCUT2D eigenvalue weighted by Gasteiger charge is -2.32. The number of alkyl halides is 6. The van der Waals surface area contributed by atoms with Crippen LogP contribution in [0.3, 0.4) is 0 Å². The quantitative estimate of drug-likeness (QED) is 0.0905. The van der Waals surface area contributed by atoms with Crippen molar-refractivity contribution in [2.75, 3.05) is 19.8 Å². The van der Waals surface area contributed by atoms with E-state index in [0.29, 0.717) is 73.1 Å². The van der Waals surface area contributed by atoms with Crippen LogP contribution in [-0.4, -0.2) is 43.9 Å². The molecule has 0 saturated carbocycles. The number of nitrogens with one attached hydrogen (secondary N) is 1. The van der Waals surface area contributed by atoms with Crippen molar-refractivity contribution in [2.45, 2.75) is 62.6 Å². The van der Waals surface area contributed by atoms with Crippen molar-refractivity contribution in [3.63, 3.8) is 0 Å². The molecule has 0 bridgehead atoms. The molecule has 11 heteroatoms. The summed E-state index contributed by atoms with van der Waals surface area (Å²) < 4.78 is 90.5. The van der Waals surface area contributed by atoms with Crippen molar-refractivity contribution < 1.29 is 45.4 Å². The molecule has 4 aromatic rings. The molecule has 1 heterocycles. The van der Waals surface area contributed by atoms with Gasteiger partial charge in [0.2, 0.25) is 5.91 Å². The van der Waals surface area contributed by atoms with Crippen LogP contribution in [-0.2, 0) is 25.9 Å². The van der Waals surface area contributed by atoms with E-state index < -0.39 is 42.1 Å². The van der Waals surface area contributed by atoms with Crippen LogP contribution in [0.4, 0.5) is 26.3 Å². The van der Waals surface area contributed by atoms with Crippen LogP contribution in [0.5, 0.6) is 0 Å². The summed E-state index contributed by atoms with van der Waals surface area (Å²) in [4.78, 5) is 26.9. The molecule has 4 aromatic carbocycles. The van der Waals surface area contributed by atoms with Gasteiger partial charge >= 0.3 is 12.4 Å². The maximum atomic E-state index is 13.7. The van der Waals surface area contributed by atoms with Gasteiger partial charge in [0.05, 0.1) is 18.8 Å². The molecule has 1 fully saturated rings. The second-order valence-corrected chi connectivity index (χ2v) is 13.1. The number of Topliss-reactive ketones (excluding diaryl/α,β-unsaturated/α-hetero) is 1. The Hall–Kier alpha value is -4.48. The molecule has 5 nitrogen and oxygen atoms in total. The van der Waals surface area contributed by atoms with Gasteiger partial charge in [-0.1, -0.05) is 91.3 Å². The van der Waals surface area contributed by atoms with E-state index in [1.54, 1.807) is 36.4 Å². The Labute approximate surface area is 292 Å². The average Bonchev–Trinajstić information content (AvgIpc) is 3.41. The lowest BCUT2D eigenvalue weighted by molar-refractivity contribution is -0.204. The highest BCUT2D eigenvalue weighted by Gasteiger charge is 2.49. The number of carbonyl (C=O) groups excluding carboxylic acids is 2. The lowest BCUT2D eigenvalue weighted by Crippen LogP contribution is -2.47. The summed E-state index contributed by atoms with van der Waals surface area (Å²) in [7, 11) is 0. The highest BCUT2D eigenvalue weighted by atomic mass is 19.4. The molecule has 1 saturated heterocycles. The predicted molar refractivity (Wildman–Crippen MR) is 180 cm³/mol. The van der Waals surface area contributed by atoms with E-state index in [4.69, 9.17) is 9.47 Å². The zero-order chi connectivity index (χ0) is 36.2. The predicted octanol–water partition coefficient (Wildman–Crippen LogP) is 9.53. The average molecular weight is 710 g/mol. The minimum absolute atomic E-state index is 0.0319. The summed E-state index contributed by atoms with van der Waals surface area (Å²) in [6.07, 6.45) is -6.82. The number of amides is 1.